The molecule has 0 spiro atoms. The first-order valence-electron chi connectivity index (χ1n) is 5.65. The third-order valence-electron chi connectivity index (χ3n) is 2.92. The Morgan fingerprint density at radius 3 is 3.00 bits per heavy atom. The third kappa shape index (κ3) is 1.91. The molecule has 2 aromatic rings. The summed E-state index contributed by atoms with van der Waals surface area (Å²) >= 11 is 0. The summed E-state index contributed by atoms with van der Waals surface area (Å²) in [5, 5.41) is 4.54. The number of fused-ring (bicyclic) bond motifs is 1. The Bertz CT molecular complexity index is 500. The molecule has 0 aliphatic heterocycles. The van der Waals surface area contributed by atoms with Crippen LogP contribution in [0.25, 0.3) is 11.0 Å². The highest BCUT2D eigenvalue weighted by Crippen LogP contribution is 2.25. The van der Waals surface area contributed by atoms with E-state index in [0.717, 1.165) is 29.0 Å². The Hall–Kier alpha value is -1.48. The van der Waals surface area contributed by atoms with Crippen LogP contribution in [-0.4, -0.2) is 13.2 Å². The molecule has 0 atom stereocenters. The van der Waals surface area contributed by atoms with E-state index in [1.54, 1.807) is 7.11 Å². The van der Waals surface area contributed by atoms with E-state index >= 15 is 0 Å². The van der Waals surface area contributed by atoms with Crippen LogP contribution in [-0.2, 0) is 6.54 Å². The van der Waals surface area contributed by atoms with E-state index in [-0.39, 0.29) is 0 Å². The molecule has 3 heteroatoms. The smallest absolute Gasteiger partial charge is 0.134 e. The molecule has 0 saturated heterocycles. The molecule has 3 nitrogen and oxygen atoms in total. The lowest BCUT2D eigenvalue weighted by atomic mass is 10.2. The summed E-state index contributed by atoms with van der Waals surface area (Å²) in [7, 11) is 1.68. The summed E-state index contributed by atoms with van der Waals surface area (Å²) in [6.07, 6.45) is 2.60. The zero-order chi connectivity index (χ0) is 11.0. The number of nitrogens with one attached hydrogen (secondary N) is 1. The molecule has 1 heterocycles. The lowest BCUT2D eigenvalue weighted by molar-refractivity contribution is 0.415. The maximum atomic E-state index is 5.73. The van der Waals surface area contributed by atoms with Crippen molar-refractivity contribution in [3.8, 4) is 5.75 Å². The average molecular weight is 217 g/mol. The molecule has 1 saturated carbocycles. The predicted molar refractivity (Wildman–Crippen MR) is 62.6 cm³/mol. The van der Waals surface area contributed by atoms with Crippen LogP contribution in [0.4, 0.5) is 0 Å². The van der Waals surface area contributed by atoms with Crippen LogP contribution in [0.2, 0.25) is 0 Å². The van der Waals surface area contributed by atoms with Gasteiger partial charge in [0.15, 0.2) is 0 Å². The molecule has 1 aliphatic carbocycles. The van der Waals surface area contributed by atoms with Crippen LogP contribution in [0.3, 0.4) is 0 Å². The van der Waals surface area contributed by atoms with Gasteiger partial charge in [0, 0.05) is 11.4 Å². The molecule has 1 fully saturated rings. The Labute approximate surface area is 94.4 Å². The second kappa shape index (κ2) is 3.83. The van der Waals surface area contributed by atoms with Gasteiger partial charge in [-0.3, -0.25) is 0 Å². The van der Waals surface area contributed by atoms with Crippen molar-refractivity contribution in [1.82, 2.24) is 5.32 Å². The lowest BCUT2D eigenvalue weighted by Gasteiger charge is -1.97. The van der Waals surface area contributed by atoms with Crippen LogP contribution in [0, 0.1) is 0 Å². The summed E-state index contributed by atoms with van der Waals surface area (Å²) in [6, 6.07) is 8.66. The molecule has 84 valence electrons. The Morgan fingerprint density at radius 1 is 1.38 bits per heavy atom. The minimum Gasteiger partial charge on any atom is -0.497 e. The minimum absolute atomic E-state index is 0.711. The molecule has 1 aromatic carbocycles. The molecular weight excluding hydrogens is 202 g/mol. The Kier molecular flexibility index (Phi) is 2.33. The van der Waals surface area contributed by atoms with Crippen molar-refractivity contribution in [2.75, 3.05) is 7.11 Å². The molecule has 1 N–H and O–H groups in total. The molecule has 0 amide bonds. The van der Waals surface area contributed by atoms with Crippen LogP contribution in [0.5, 0.6) is 5.75 Å². The number of furan rings is 1. The van der Waals surface area contributed by atoms with E-state index in [1.807, 2.05) is 18.2 Å². The van der Waals surface area contributed by atoms with Gasteiger partial charge in [-0.15, -0.1) is 0 Å². The SMILES string of the molecule is COc1ccc2oc(CNC3CC3)cc2c1. The molecule has 0 radical (unpaired) electrons. The van der Waals surface area contributed by atoms with E-state index in [9.17, 15) is 0 Å². The zero-order valence-corrected chi connectivity index (χ0v) is 9.32. The summed E-state index contributed by atoms with van der Waals surface area (Å²) in [5.74, 6) is 1.87. The van der Waals surface area contributed by atoms with E-state index in [4.69, 9.17) is 9.15 Å². The van der Waals surface area contributed by atoms with Gasteiger partial charge >= 0.3 is 0 Å². The number of rotatable bonds is 4. The lowest BCUT2D eigenvalue weighted by Crippen LogP contribution is -2.14. The maximum Gasteiger partial charge on any atom is 0.134 e. The Morgan fingerprint density at radius 2 is 2.25 bits per heavy atom. The van der Waals surface area contributed by atoms with Gasteiger partial charge in [-0.25, -0.2) is 0 Å². The highest BCUT2D eigenvalue weighted by molar-refractivity contribution is 5.79. The summed E-state index contributed by atoms with van der Waals surface area (Å²) in [4.78, 5) is 0. The summed E-state index contributed by atoms with van der Waals surface area (Å²) < 4.78 is 10.9. The van der Waals surface area contributed by atoms with Crippen LogP contribution < -0.4 is 10.1 Å². The fourth-order valence-corrected chi connectivity index (χ4v) is 1.82. The standard InChI is InChI=1S/C13H15NO2/c1-15-11-4-5-13-9(6-11)7-12(16-13)8-14-10-2-3-10/h4-7,10,14H,2-3,8H2,1H3. The van der Waals surface area contributed by atoms with E-state index in [1.165, 1.54) is 12.8 Å². The topological polar surface area (TPSA) is 34.4 Å². The first kappa shape index (κ1) is 9.73. The normalized spacial score (nSPS) is 15.6. The summed E-state index contributed by atoms with van der Waals surface area (Å²) in [5.41, 5.74) is 0.924. The van der Waals surface area contributed by atoms with Crippen molar-refractivity contribution >= 4 is 11.0 Å². The second-order valence-corrected chi connectivity index (χ2v) is 4.27. The highest BCUT2D eigenvalue weighted by atomic mass is 16.5. The monoisotopic (exact) mass is 217 g/mol. The molecule has 0 unspecified atom stereocenters. The van der Waals surface area contributed by atoms with E-state index in [0.29, 0.717) is 6.04 Å². The van der Waals surface area contributed by atoms with Crippen molar-refractivity contribution in [3.63, 3.8) is 0 Å². The number of hydrogen-bond donors (Lipinski definition) is 1. The maximum absolute atomic E-state index is 5.73. The number of benzene rings is 1. The van der Waals surface area contributed by atoms with Crippen molar-refractivity contribution in [3.05, 3.63) is 30.0 Å². The fraction of sp³-hybridized carbons (Fsp3) is 0.385. The largest absolute Gasteiger partial charge is 0.497 e. The first-order chi connectivity index (χ1) is 7.85. The quantitative estimate of drug-likeness (QED) is 0.855. The molecule has 1 aliphatic rings. The number of hydrogen-bond acceptors (Lipinski definition) is 3. The van der Waals surface area contributed by atoms with Gasteiger partial charge in [-0.05, 0) is 37.1 Å². The predicted octanol–water partition coefficient (Wildman–Crippen LogP) is 2.69. The molecular formula is C13H15NO2. The first-order valence-corrected chi connectivity index (χ1v) is 5.65. The molecule has 0 bridgehead atoms. The van der Waals surface area contributed by atoms with Crippen LogP contribution >= 0.6 is 0 Å². The summed E-state index contributed by atoms with van der Waals surface area (Å²) in [6.45, 7) is 0.821. The van der Waals surface area contributed by atoms with Crippen LogP contribution in [0.15, 0.2) is 28.7 Å². The van der Waals surface area contributed by atoms with Gasteiger partial charge in [0.25, 0.3) is 0 Å². The average Bonchev–Trinajstić information content (AvgIpc) is 3.04. The van der Waals surface area contributed by atoms with Crippen molar-refractivity contribution in [2.45, 2.75) is 25.4 Å². The van der Waals surface area contributed by atoms with Crippen LogP contribution in [0.1, 0.15) is 18.6 Å². The second-order valence-electron chi connectivity index (χ2n) is 4.27. The molecule has 3 rings (SSSR count). The van der Waals surface area contributed by atoms with Gasteiger partial charge in [0.05, 0.1) is 13.7 Å². The number of methoxy groups -OCH3 is 1. The fourth-order valence-electron chi connectivity index (χ4n) is 1.82. The van der Waals surface area contributed by atoms with Gasteiger partial charge in [-0.1, -0.05) is 0 Å². The van der Waals surface area contributed by atoms with Gasteiger partial charge in [0.1, 0.15) is 17.1 Å². The Balaban J connectivity index is 1.83. The van der Waals surface area contributed by atoms with Gasteiger partial charge in [-0.2, -0.15) is 0 Å². The molecule has 16 heavy (non-hydrogen) atoms. The van der Waals surface area contributed by atoms with Crippen molar-refractivity contribution in [2.24, 2.45) is 0 Å². The minimum atomic E-state index is 0.711. The van der Waals surface area contributed by atoms with Crippen molar-refractivity contribution < 1.29 is 9.15 Å². The zero-order valence-electron chi connectivity index (χ0n) is 9.32. The van der Waals surface area contributed by atoms with Crippen molar-refractivity contribution in [1.29, 1.82) is 0 Å². The molecule has 1 aromatic heterocycles. The van der Waals surface area contributed by atoms with E-state index < -0.39 is 0 Å². The highest BCUT2D eigenvalue weighted by Gasteiger charge is 2.20. The third-order valence-corrected chi connectivity index (χ3v) is 2.92. The van der Waals surface area contributed by atoms with E-state index in [2.05, 4.69) is 11.4 Å². The van der Waals surface area contributed by atoms with Gasteiger partial charge < -0.3 is 14.5 Å². The van der Waals surface area contributed by atoms with Gasteiger partial charge in [0.2, 0.25) is 0 Å². The number of ether oxygens (including phenoxy) is 1.